The molecule has 0 saturated carbocycles. The summed E-state index contributed by atoms with van der Waals surface area (Å²) < 4.78 is 0. The molecular weight excluding hydrogens is 248 g/mol. The van der Waals surface area contributed by atoms with Gasteiger partial charge in [0.15, 0.2) is 0 Å². The maximum absolute atomic E-state index is 10.8. The van der Waals surface area contributed by atoms with Crippen LogP contribution in [-0.4, -0.2) is 22.0 Å². The van der Waals surface area contributed by atoms with E-state index in [2.05, 4.69) is 5.32 Å². The van der Waals surface area contributed by atoms with Crippen molar-refractivity contribution in [3.05, 3.63) is 33.4 Å². The predicted molar refractivity (Wildman–Crippen MR) is 72.5 cm³/mol. The van der Waals surface area contributed by atoms with Crippen molar-refractivity contribution in [3.8, 4) is 0 Å². The number of benzene rings is 1. The van der Waals surface area contributed by atoms with Crippen molar-refractivity contribution in [1.82, 2.24) is 0 Å². The molecule has 1 atom stereocenters. The van der Waals surface area contributed by atoms with E-state index < -0.39 is 10.9 Å². The van der Waals surface area contributed by atoms with Gasteiger partial charge in [-0.3, -0.25) is 14.9 Å². The summed E-state index contributed by atoms with van der Waals surface area (Å²) in [6.45, 7) is 5.36. The van der Waals surface area contributed by atoms with Crippen LogP contribution in [0.15, 0.2) is 12.1 Å². The number of carboxylic acids is 1. The predicted octanol–water partition coefficient (Wildman–Crippen LogP) is 2.88. The fourth-order valence-corrected chi connectivity index (χ4v) is 1.83. The topological polar surface area (TPSA) is 92.5 Å². The number of nitro groups is 1. The first-order valence-electron chi connectivity index (χ1n) is 6.05. The summed E-state index contributed by atoms with van der Waals surface area (Å²) in [6.07, 6.45) is 0.601. The molecule has 0 fully saturated rings. The third-order valence-corrected chi connectivity index (χ3v) is 2.93. The summed E-state index contributed by atoms with van der Waals surface area (Å²) in [4.78, 5) is 20.9. The van der Waals surface area contributed by atoms with Crippen LogP contribution in [0.5, 0.6) is 0 Å². The van der Waals surface area contributed by atoms with E-state index in [0.29, 0.717) is 12.0 Å². The maximum Gasteiger partial charge on any atom is 0.303 e. The molecule has 0 aliphatic carbocycles. The van der Waals surface area contributed by atoms with Gasteiger partial charge >= 0.3 is 5.97 Å². The minimum absolute atomic E-state index is 0.00402. The average Bonchev–Trinajstić information content (AvgIpc) is 2.30. The molecule has 19 heavy (non-hydrogen) atoms. The van der Waals surface area contributed by atoms with Crippen molar-refractivity contribution in [2.45, 2.75) is 39.7 Å². The Bertz CT molecular complexity index is 500. The molecule has 0 radical (unpaired) electrons. The molecule has 0 heterocycles. The van der Waals surface area contributed by atoms with Crippen LogP contribution in [0.3, 0.4) is 0 Å². The molecule has 1 rings (SSSR count). The Hall–Kier alpha value is -2.11. The second kappa shape index (κ2) is 6.17. The Balaban J connectivity index is 2.82. The Kier molecular flexibility index (Phi) is 4.86. The molecule has 0 saturated heterocycles. The molecule has 0 spiro atoms. The first-order valence-corrected chi connectivity index (χ1v) is 6.05. The van der Waals surface area contributed by atoms with Gasteiger partial charge in [0.1, 0.15) is 0 Å². The molecule has 6 heteroatoms. The fraction of sp³-hybridized carbons (Fsp3) is 0.462. The van der Waals surface area contributed by atoms with Crippen molar-refractivity contribution in [2.24, 2.45) is 0 Å². The third kappa shape index (κ3) is 4.24. The zero-order chi connectivity index (χ0) is 14.6. The number of anilines is 1. The molecule has 0 aliphatic heterocycles. The second-order valence-corrected chi connectivity index (χ2v) is 4.69. The van der Waals surface area contributed by atoms with Crippen LogP contribution in [-0.2, 0) is 4.79 Å². The molecule has 0 aliphatic rings. The van der Waals surface area contributed by atoms with Crippen LogP contribution in [0.2, 0.25) is 0 Å². The molecule has 0 bridgehead atoms. The van der Waals surface area contributed by atoms with E-state index in [0.717, 1.165) is 11.3 Å². The van der Waals surface area contributed by atoms with E-state index >= 15 is 0 Å². The van der Waals surface area contributed by atoms with Crippen LogP contribution in [0.25, 0.3) is 0 Å². The number of aryl methyl sites for hydroxylation is 2. The van der Waals surface area contributed by atoms with Crippen LogP contribution >= 0.6 is 0 Å². The molecule has 0 aromatic heterocycles. The van der Waals surface area contributed by atoms with E-state index in [1.54, 1.807) is 19.9 Å². The maximum atomic E-state index is 10.8. The van der Waals surface area contributed by atoms with Gasteiger partial charge in [-0.2, -0.15) is 0 Å². The van der Waals surface area contributed by atoms with Gasteiger partial charge < -0.3 is 10.4 Å². The highest BCUT2D eigenvalue weighted by atomic mass is 16.6. The minimum Gasteiger partial charge on any atom is -0.481 e. The highest BCUT2D eigenvalue weighted by Gasteiger charge is 2.14. The van der Waals surface area contributed by atoms with Crippen LogP contribution < -0.4 is 5.32 Å². The van der Waals surface area contributed by atoms with E-state index in [1.807, 2.05) is 6.92 Å². The van der Waals surface area contributed by atoms with E-state index in [9.17, 15) is 14.9 Å². The number of hydrogen-bond donors (Lipinski definition) is 2. The number of carbonyl (C=O) groups is 1. The monoisotopic (exact) mass is 266 g/mol. The molecule has 0 amide bonds. The van der Waals surface area contributed by atoms with E-state index in [-0.39, 0.29) is 18.2 Å². The van der Waals surface area contributed by atoms with Gasteiger partial charge in [-0.05, 0) is 38.8 Å². The molecule has 2 N–H and O–H groups in total. The van der Waals surface area contributed by atoms with Gasteiger partial charge in [-0.15, -0.1) is 0 Å². The van der Waals surface area contributed by atoms with Crippen LogP contribution in [0, 0.1) is 24.0 Å². The smallest absolute Gasteiger partial charge is 0.303 e. The summed E-state index contributed by atoms with van der Waals surface area (Å²) in [6, 6.07) is 3.25. The lowest BCUT2D eigenvalue weighted by atomic mass is 10.1. The van der Waals surface area contributed by atoms with Crippen molar-refractivity contribution in [2.75, 3.05) is 5.32 Å². The lowest BCUT2D eigenvalue weighted by Crippen LogP contribution is -2.17. The van der Waals surface area contributed by atoms with Crippen molar-refractivity contribution < 1.29 is 14.8 Å². The Morgan fingerprint density at radius 3 is 2.58 bits per heavy atom. The number of rotatable bonds is 6. The standard InChI is InChI=1S/C13H18N2O4/c1-8-7-12(15(18)19)9(2)6-11(8)14-10(3)4-5-13(16)17/h6-7,10,14H,4-5H2,1-3H3,(H,16,17). The Morgan fingerprint density at radius 1 is 1.42 bits per heavy atom. The lowest BCUT2D eigenvalue weighted by molar-refractivity contribution is -0.385. The third-order valence-electron chi connectivity index (χ3n) is 2.93. The van der Waals surface area contributed by atoms with Crippen molar-refractivity contribution in [1.29, 1.82) is 0 Å². The summed E-state index contributed by atoms with van der Waals surface area (Å²) in [5.74, 6) is -0.828. The van der Waals surface area contributed by atoms with Crippen molar-refractivity contribution in [3.63, 3.8) is 0 Å². The van der Waals surface area contributed by atoms with Gasteiger partial charge in [-0.1, -0.05) is 0 Å². The zero-order valence-electron chi connectivity index (χ0n) is 11.3. The summed E-state index contributed by atoms with van der Waals surface area (Å²) in [5.41, 5.74) is 2.27. The normalized spacial score (nSPS) is 11.9. The number of aliphatic carboxylic acids is 1. The van der Waals surface area contributed by atoms with Gasteiger partial charge in [-0.25, -0.2) is 0 Å². The number of nitro benzene ring substituents is 1. The zero-order valence-corrected chi connectivity index (χ0v) is 11.3. The Morgan fingerprint density at radius 2 is 2.05 bits per heavy atom. The molecule has 104 valence electrons. The molecule has 1 aromatic rings. The summed E-state index contributed by atoms with van der Waals surface area (Å²) >= 11 is 0. The van der Waals surface area contributed by atoms with Gasteiger partial charge in [0.2, 0.25) is 0 Å². The van der Waals surface area contributed by atoms with Gasteiger partial charge in [0.05, 0.1) is 4.92 Å². The quantitative estimate of drug-likeness (QED) is 0.610. The minimum atomic E-state index is -0.828. The first-order chi connectivity index (χ1) is 8.81. The van der Waals surface area contributed by atoms with E-state index in [1.165, 1.54) is 6.07 Å². The van der Waals surface area contributed by atoms with Crippen LogP contribution in [0.4, 0.5) is 11.4 Å². The lowest BCUT2D eigenvalue weighted by Gasteiger charge is -2.16. The highest BCUT2D eigenvalue weighted by Crippen LogP contribution is 2.26. The molecular formula is C13H18N2O4. The van der Waals surface area contributed by atoms with Gasteiger partial charge in [0, 0.05) is 29.8 Å². The largest absolute Gasteiger partial charge is 0.481 e. The van der Waals surface area contributed by atoms with Crippen molar-refractivity contribution >= 4 is 17.3 Å². The number of nitrogens with one attached hydrogen (secondary N) is 1. The summed E-state index contributed by atoms with van der Waals surface area (Å²) in [7, 11) is 0. The highest BCUT2D eigenvalue weighted by molar-refractivity contribution is 5.67. The molecule has 1 unspecified atom stereocenters. The average molecular weight is 266 g/mol. The summed E-state index contributed by atoms with van der Waals surface area (Å²) in [5, 5.41) is 22.6. The molecule has 6 nitrogen and oxygen atoms in total. The fourth-order valence-electron chi connectivity index (χ4n) is 1.83. The molecule has 1 aromatic carbocycles. The Labute approximate surface area is 111 Å². The van der Waals surface area contributed by atoms with Gasteiger partial charge in [0.25, 0.3) is 5.69 Å². The SMILES string of the molecule is Cc1cc([N+](=O)[O-])c(C)cc1NC(C)CCC(=O)O. The van der Waals surface area contributed by atoms with Crippen LogP contribution in [0.1, 0.15) is 30.9 Å². The van der Waals surface area contributed by atoms with E-state index in [4.69, 9.17) is 5.11 Å². The number of nitrogens with zero attached hydrogens (tertiary/aromatic N) is 1. The second-order valence-electron chi connectivity index (χ2n) is 4.69. The number of hydrogen-bond acceptors (Lipinski definition) is 4. The first kappa shape index (κ1) is 14.9. The number of carboxylic acid groups (broad SMARTS) is 1.